The first-order valence-electron chi connectivity index (χ1n) is 13.2. The van der Waals surface area contributed by atoms with Crippen molar-refractivity contribution in [1.82, 2.24) is 25.5 Å². The van der Waals surface area contributed by atoms with Crippen molar-refractivity contribution in [1.29, 1.82) is 5.26 Å². The molecule has 1 fully saturated rings. The van der Waals surface area contributed by atoms with E-state index in [-0.39, 0.29) is 5.91 Å². The molecule has 0 radical (unpaired) electrons. The summed E-state index contributed by atoms with van der Waals surface area (Å²) in [5, 5.41) is 16.7. The summed E-state index contributed by atoms with van der Waals surface area (Å²) in [7, 11) is 0. The third-order valence-corrected chi connectivity index (χ3v) is 7.47. The number of nitrogens with zero attached hydrogens (tertiary/aromatic N) is 5. The zero-order valence-corrected chi connectivity index (χ0v) is 21.4. The molecule has 0 saturated carbocycles. The molecular weight excluding hydrogens is 474 g/mol. The fraction of sp³-hybridized carbons (Fsp3) is 0.300. The van der Waals surface area contributed by atoms with Gasteiger partial charge in [0.25, 0.3) is 5.91 Å². The van der Waals surface area contributed by atoms with Crippen molar-refractivity contribution in [3.8, 4) is 17.3 Å². The van der Waals surface area contributed by atoms with Crippen molar-refractivity contribution in [2.24, 2.45) is 10.9 Å². The standard InChI is InChI=1S/C30H29N7O/c1-2-19-14-20-6-3-4-7-24(20)35-29(19)36-26-16-25-28(26)34-27(18-33-25)23-9-8-21(15-22(23)17-31)30(38)37-12-5-10-32-11-13-37/h3-4,6-9,15-16,18-19,32H,2,5,10-14H2,1H3,(H,35,36). The molecule has 1 amide bonds. The van der Waals surface area contributed by atoms with E-state index in [9.17, 15) is 10.1 Å². The quantitative estimate of drug-likeness (QED) is 0.554. The lowest BCUT2D eigenvalue weighted by atomic mass is 9.91. The van der Waals surface area contributed by atoms with E-state index in [1.54, 1.807) is 18.3 Å². The van der Waals surface area contributed by atoms with Crippen LogP contribution in [0.15, 0.2) is 53.7 Å². The molecule has 1 aromatic heterocycles. The Kier molecular flexibility index (Phi) is 6.44. The van der Waals surface area contributed by atoms with E-state index in [4.69, 9.17) is 9.98 Å². The van der Waals surface area contributed by atoms with E-state index < -0.39 is 0 Å². The second kappa shape index (κ2) is 10.2. The van der Waals surface area contributed by atoms with Gasteiger partial charge >= 0.3 is 0 Å². The zero-order chi connectivity index (χ0) is 26.1. The molecule has 1 atom stereocenters. The summed E-state index contributed by atoms with van der Waals surface area (Å²) in [5.74, 6) is 1.20. The van der Waals surface area contributed by atoms with Crippen molar-refractivity contribution >= 4 is 29.2 Å². The molecule has 190 valence electrons. The molecule has 3 aliphatic rings. The number of amidine groups is 1. The Bertz CT molecular complexity index is 1510. The summed E-state index contributed by atoms with van der Waals surface area (Å²) in [6.45, 7) is 5.24. The molecule has 2 N–H and O–H groups in total. The first-order valence-corrected chi connectivity index (χ1v) is 13.2. The number of aliphatic imine (C=N–C) groups is 1. The lowest BCUT2D eigenvalue weighted by Gasteiger charge is -2.28. The fourth-order valence-corrected chi connectivity index (χ4v) is 5.26. The number of hydrogen-bond acceptors (Lipinski definition) is 7. The number of rotatable bonds is 4. The van der Waals surface area contributed by atoms with Crippen molar-refractivity contribution in [2.75, 3.05) is 26.2 Å². The molecule has 38 heavy (non-hydrogen) atoms. The fourth-order valence-electron chi connectivity index (χ4n) is 5.26. The van der Waals surface area contributed by atoms with E-state index >= 15 is 0 Å². The number of benzene rings is 2. The molecule has 6 rings (SSSR count). The predicted octanol–water partition coefficient (Wildman–Crippen LogP) is 4.16. The molecule has 1 aliphatic carbocycles. The molecule has 1 unspecified atom stereocenters. The molecule has 3 heterocycles. The molecule has 0 spiro atoms. The van der Waals surface area contributed by atoms with Crippen LogP contribution in [-0.2, 0) is 6.42 Å². The first-order chi connectivity index (χ1) is 18.6. The smallest absolute Gasteiger partial charge is 0.253 e. The second-order valence-corrected chi connectivity index (χ2v) is 9.88. The maximum atomic E-state index is 13.1. The van der Waals surface area contributed by atoms with Crippen LogP contribution in [0.25, 0.3) is 23.0 Å². The van der Waals surface area contributed by atoms with Gasteiger partial charge < -0.3 is 15.5 Å². The second-order valence-electron chi connectivity index (χ2n) is 9.88. The van der Waals surface area contributed by atoms with Gasteiger partial charge in [-0.25, -0.2) is 9.98 Å². The first kappa shape index (κ1) is 24.0. The summed E-state index contributed by atoms with van der Waals surface area (Å²) < 4.78 is 0. The summed E-state index contributed by atoms with van der Waals surface area (Å²) in [6, 6.07) is 15.8. The summed E-state index contributed by atoms with van der Waals surface area (Å²) >= 11 is 0. The Balaban J connectivity index is 1.25. The van der Waals surface area contributed by atoms with Gasteiger partial charge in [0.15, 0.2) is 0 Å². The SMILES string of the molecule is CCC1Cc2ccccc2N=C1NC1=Cc2ncc(-c3ccc(C(=O)N4CCCNCC4)cc3C#N)nc21. The van der Waals surface area contributed by atoms with E-state index in [1.807, 2.05) is 29.2 Å². The third-order valence-electron chi connectivity index (χ3n) is 7.47. The molecule has 8 heteroatoms. The van der Waals surface area contributed by atoms with E-state index in [0.29, 0.717) is 41.4 Å². The lowest BCUT2D eigenvalue weighted by Crippen LogP contribution is -2.34. The van der Waals surface area contributed by atoms with Crippen LogP contribution in [0.1, 0.15) is 52.6 Å². The molecule has 1 saturated heterocycles. The van der Waals surface area contributed by atoms with Gasteiger partial charge in [0.1, 0.15) is 11.5 Å². The molecule has 8 nitrogen and oxygen atoms in total. The average Bonchev–Trinajstić information content (AvgIpc) is 3.24. The van der Waals surface area contributed by atoms with Gasteiger partial charge in [-0.2, -0.15) is 5.26 Å². The number of hydrogen-bond donors (Lipinski definition) is 2. The number of nitriles is 1. The van der Waals surface area contributed by atoms with Crippen LogP contribution in [0.3, 0.4) is 0 Å². The number of amides is 1. The van der Waals surface area contributed by atoms with Gasteiger partial charge in [-0.3, -0.25) is 9.78 Å². The Morgan fingerprint density at radius 1 is 1.21 bits per heavy atom. The maximum Gasteiger partial charge on any atom is 0.253 e. The molecule has 2 aromatic carbocycles. The molecule has 0 bridgehead atoms. The number of carbonyl (C=O) groups excluding carboxylic acids is 1. The van der Waals surface area contributed by atoms with Crippen molar-refractivity contribution < 1.29 is 4.79 Å². The summed E-state index contributed by atoms with van der Waals surface area (Å²) in [4.78, 5) is 29.2. The van der Waals surface area contributed by atoms with Crippen LogP contribution in [-0.4, -0.2) is 52.8 Å². The number of fused-ring (bicyclic) bond motifs is 2. The molecular formula is C30H29N7O. The van der Waals surface area contributed by atoms with Gasteiger partial charge in [0, 0.05) is 36.7 Å². The number of nitrogens with one attached hydrogen (secondary N) is 2. The number of carbonyl (C=O) groups is 1. The highest BCUT2D eigenvalue weighted by Crippen LogP contribution is 2.34. The minimum absolute atomic E-state index is 0.0466. The van der Waals surface area contributed by atoms with Crippen LogP contribution in [0.5, 0.6) is 0 Å². The number of aromatic nitrogens is 2. The van der Waals surface area contributed by atoms with E-state index in [0.717, 1.165) is 61.0 Å². The Hall–Kier alpha value is -4.35. The normalized spacial score (nSPS) is 18.1. The predicted molar refractivity (Wildman–Crippen MR) is 148 cm³/mol. The maximum absolute atomic E-state index is 13.1. The zero-order valence-electron chi connectivity index (χ0n) is 21.4. The minimum Gasteiger partial charge on any atom is -0.342 e. The molecule has 2 aliphatic heterocycles. The highest BCUT2D eigenvalue weighted by molar-refractivity contribution is 6.03. The van der Waals surface area contributed by atoms with Gasteiger partial charge in [-0.1, -0.05) is 31.2 Å². The van der Waals surface area contributed by atoms with Gasteiger partial charge in [0.2, 0.25) is 0 Å². The van der Waals surface area contributed by atoms with Gasteiger partial charge in [0.05, 0.1) is 40.6 Å². The Labute approximate surface area is 222 Å². The van der Waals surface area contributed by atoms with Crippen LogP contribution in [0.4, 0.5) is 5.69 Å². The highest BCUT2D eigenvalue weighted by Gasteiger charge is 2.27. The van der Waals surface area contributed by atoms with Crippen LogP contribution < -0.4 is 10.6 Å². The van der Waals surface area contributed by atoms with Gasteiger partial charge in [-0.15, -0.1) is 0 Å². The van der Waals surface area contributed by atoms with Crippen molar-refractivity contribution in [2.45, 2.75) is 26.2 Å². The molecule has 3 aromatic rings. The largest absolute Gasteiger partial charge is 0.342 e. The van der Waals surface area contributed by atoms with Crippen molar-refractivity contribution in [3.63, 3.8) is 0 Å². The summed E-state index contributed by atoms with van der Waals surface area (Å²) in [5.41, 5.74) is 6.93. The van der Waals surface area contributed by atoms with Crippen molar-refractivity contribution in [3.05, 3.63) is 76.7 Å². The van der Waals surface area contributed by atoms with E-state index in [2.05, 4.69) is 40.7 Å². The van der Waals surface area contributed by atoms with Gasteiger partial charge in [-0.05, 0) is 55.6 Å². The van der Waals surface area contributed by atoms with E-state index in [1.165, 1.54) is 5.56 Å². The Morgan fingerprint density at radius 3 is 2.97 bits per heavy atom. The number of para-hydroxylation sites is 1. The lowest BCUT2D eigenvalue weighted by molar-refractivity contribution is 0.0766. The van der Waals surface area contributed by atoms with Crippen LogP contribution in [0, 0.1) is 17.2 Å². The summed E-state index contributed by atoms with van der Waals surface area (Å²) in [6.07, 6.45) is 6.52. The minimum atomic E-state index is -0.0466. The monoisotopic (exact) mass is 503 g/mol. The highest BCUT2D eigenvalue weighted by atomic mass is 16.2. The third kappa shape index (κ3) is 4.46. The van der Waals surface area contributed by atoms with Crippen LogP contribution in [0.2, 0.25) is 0 Å². The average molecular weight is 504 g/mol. The van der Waals surface area contributed by atoms with Crippen LogP contribution >= 0.6 is 0 Å². The Morgan fingerprint density at radius 2 is 2.11 bits per heavy atom. The topological polar surface area (TPSA) is 106 Å².